The molecule has 0 saturated carbocycles. The van der Waals surface area contributed by atoms with Gasteiger partial charge in [0.05, 0.1) is 5.02 Å². The summed E-state index contributed by atoms with van der Waals surface area (Å²) in [4.78, 5) is 2.52. The molecule has 148 valence electrons. The van der Waals surface area contributed by atoms with E-state index in [1.807, 2.05) is 16.9 Å². The van der Waals surface area contributed by atoms with Crippen LogP contribution in [-0.4, -0.2) is 60.1 Å². The maximum Gasteiger partial charge on any atom is 0.244 e. The summed E-state index contributed by atoms with van der Waals surface area (Å²) in [6.45, 7) is 4.47. The van der Waals surface area contributed by atoms with E-state index in [2.05, 4.69) is 25.9 Å². The number of halogens is 2. The molecular formula is C18H24BrClN4O2S. The van der Waals surface area contributed by atoms with Crippen molar-refractivity contribution in [2.75, 3.05) is 32.7 Å². The molecule has 6 nitrogen and oxygen atoms in total. The van der Waals surface area contributed by atoms with Crippen LogP contribution < -0.4 is 0 Å². The van der Waals surface area contributed by atoms with E-state index in [1.54, 1.807) is 24.4 Å². The van der Waals surface area contributed by atoms with Gasteiger partial charge in [0.15, 0.2) is 0 Å². The maximum absolute atomic E-state index is 12.8. The Hall–Kier alpha value is -0.930. The van der Waals surface area contributed by atoms with Gasteiger partial charge in [-0.25, -0.2) is 8.42 Å². The van der Waals surface area contributed by atoms with Gasteiger partial charge >= 0.3 is 0 Å². The molecule has 1 aromatic heterocycles. The summed E-state index contributed by atoms with van der Waals surface area (Å²) in [7, 11) is -3.54. The van der Waals surface area contributed by atoms with E-state index in [0.29, 0.717) is 13.1 Å². The summed E-state index contributed by atoms with van der Waals surface area (Å²) in [6, 6.07) is 6.83. The number of hydrogen-bond acceptors (Lipinski definition) is 4. The van der Waals surface area contributed by atoms with Gasteiger partial charge in [-0.05, 0) is 43.7 Å². The zero-order valence-corrected chi connectivity index (χ0v) is 18.3. The number of sulfonamides is 1. The highest BCUT2D eigenvalue weighted by molar-refractivity contribution is 9.10. The lowest BCUT2D eigenvalue weighted by atomic mass is 10.2. The monoisotopic (exact) mass is 474 g/mol. The van der Waals surface area contributed by atoms with Crippen molar-refractivity contribution in [2.45, 2.75) is 30.7 Å². The lowest BCUT2D eigenvalue weighted by Gasteiger charge is -2.34. The molecular weight excluding hydrogens is 452 g/mol. The van der Waals surface area contributed by atoms with Gasteiger partial charge in [-0.15, -0.1) is 0 Å². The first-order valence-electron chi connectivity index (χ1n) is 9.12. The summed E-state index contributed by atoms with van der Waals surface area (Å²) in [5.74, 6) is 0. The number of piperazine rings is 1. The molecule has 0 bridgehead atoms. The Balaban J connectivity index is 1.42. The first-order chi connectivity index (χ1) is 13.0. The number of aryl methyl sites for hydroxylation is 1. The topological polar surface area (TPSA) is 58.4 Å². The van der Waals surface area contributed by atoms with Crippen LogP contribution in [0.1, 0.15) is 19.3 Å². The number of hydrogen-bond donors (Lipinski definition) is 0. The SMILES string of the molecule is O=S(=O)(c1ccc(Br)cc1Cl)N1CCN(CCCCCn2cccn2)CC1. The Labute approximate surface area is 174 Å². The maximum atomic E-state index is 12.8. The highest BCUT2D eigenvalue weighted by atomic mass is 79.9. The van der Waals surface area contributed by atoms with Crippen LogP contribution in [0.15, 0.2) is 46.0 Å². The molecule has 27 heavy (non-hydrogen) atoms. The standard InChI is InChI=1S/C18H24BrClN4O2S/c19-16-5-6-18(17(20)15-16)27(25,26)24-13-11-22(12-14-24)8-2-1-3-9-23-10-4-7-21-23/h4-7,10,15H,1-3,8-9,11-14H2. The van der Waals surface area contributed by atoms with Crippen LogP contribution in [0.4, 0.5) is 0 Å². The van der Waals surface area contributed by atoms with Crippen LogP contribution in [0.2, 0.25) is 5.02 Å². The van der Waals surface area contributed by atoms with Gasteiger partial charge in [-0.1, -0.05) is 34.0 Å². The Morgan fingerprint density at radius 3 is 2.48 bits per heavy atom. The quantitative estimate of drug-likeness (QED) is 0.549. The third-order valence-corrected chi connectivity index (χ3v) is 7.64. The van der Waals surface area contributed by atoms with Crippen molar-refractivity contribution in [2.24, 2.45) is 0 Å². The molecule has 0 unspecified atom stereocenters. The molecule has 0 radical (unpaired) electrons. The normalized spacial score (nSPS) is 16.7. The predicted octanol–water partition coefficient (Wildman–Crippen LogP) is 3.48. The van der Waals surface area contributed by atoms with Crippen molar-refractivity contribution in [3.05, 3.63) is 46.2 Å². The second-order valence-corrected chi connectivity index (χ2v) is 9.88. The summed E-state index contributed by atoms with van der Waals surface area (Å²) in [5.41, 5.74) is 0. The van der Waals surface area contributed by atoms with Crippen molar-refractivity contribution in [3.8, 4) is 0 Å². The van der Waals surface area contributed by atoms with E-state index in [1.165, 1.54) is 4.31 Å². The molecule has 0 N–H and O–H groups in total. The van der Waals surface area contributed by atoms with Gasteiger partial charge in [0.1, 0.15) is 4.90 Å². The van der Waals surface area contributed by atoms with Gasteiger partial charge in [0.25, 0.3) is 0 Å². The fraction of sp³-hybridized carbons (Fsp3) is 0.500. The molecule has 1 aliphatic heterocycles. The van der Waals surface area contributed by atoms with E-state index < -0.39 is 10.0 Å². The molecule has 9 heteroatoms. The average Bonchev–Trinajstić information content (AvgIpc) is 3.15. The molecule has 2 heterocycles. The molecule has 0 atom stereocenters. The highest BCUT2D eigenvalue weighted by Gasteiger charge is 2.29. The van der Waals surface area contributed by atoms with Gasteiger partial charge in [0, 0.05) is 49.6 Å². The zero-order chi connectivity index (χ0) is 19.3. The minimum Gasteiger partial charge on any atom is -0.301 e. The van der Waals surface area contributed by atoms with Crippen LogP contribution in [-0.2, 0) is 16.6 Å². The highest BCUT2D eigenvalue weighted by Crippen LogP contribution is 2.28. The largest absolute Gasteiger partial charge is 0.301 e. The molecule has 0 amide bonds. The van der Waals surface area contributed by atoms with Crippen molar-refractivity contribution in [3.63, 3.8) is 0 Å². The van der Waals surface area contributed by atoms with Gasteiger partial charge < -0.3 is 4.90 Å². The Morgan fingerprint density at radius 2 is 1.81 bits per heavy atom. The van der Waals surface area contributed by atoms with Gasteiger partial charge in [0.2, 0.25) is 10.0 Å². The van der Waals surface area contributed by atoms with Gasteiger partial charge in [-0.2, -0.15) is 9.40 Å². The molecule has 1 saturated heterocycles. The Bertz CT molecular complexity index is 837. The lowest BCUT2D eigenvalue weighted by Crippen LogP contribution is -2.48. The summed E-state index contributed by atoms with van der Waals surface area (Å²) >= 11 is 9.45. The molecule has 2 aromatic rings. The van der Waals surface area contributed by atoms with Crippen LogP contribution >= 0.6 is 27.5 Å². The Morgan fingerprint density at radius 1 is 1.07 bits per heavy atom. The fourth-order valence-electron chi connectivity index (χ4n) is 3.24. The average molecular weight is 476 g/mol. The van der Waals surface area contributed by atoms with E-state index >= 15 is 0 Å². The number of unbranched alkanes of at least 4 members (excludes halogenated alkanes) is 2. The fourth-order valence-corrected chi connectivity index (χ4v) is 5.67. The van der Waals surface area contributed by atoms with E-state index in [9.17, 15) is 8.42 Å². The van der Waals surface area contributed by atoms with E-state index in [4.69, 9.17) is 11.6 Å². The van der Waals surface area contributed by atoms with Crippen LogP contribution in [0.3, 0.4) is 0 Å². The van der Waals surface area contributed by atoms with Crippen molar-refractivity contribution in [1.29, 1.82) is 0 Å². The number of nitrogens with zero attached hydrogens (tertiary/aromatic N) is 4. The number of rotatable bonds is 8. The van der Waals surface area contributed by atoms with Crippen LogP contribution in [0.25, 0.3) is 0 Å². The number of aromatic nitrogens is 2. The van der Waals surface area contributed by atoms with E-state index in [-0.39, 0.29) is 9.92 Å². The molecule has 0 aliphatic carbocycles. The lowest BCUT2D eigenvalue weighted by molar-refractivity contribution is 0.185. The zero-order valence-electron chi connectivity index (χ0n) is 15.1. The third-order valence-electron chi connectivity index (χ3n) is 4.76. The van der Waals surface area contributed by atoms with E-state index in [0.717, 1.165) is 49.9 Å². The summed E-state index contributed by atoms with van der Waals surface area (Å²) in [5, 5.41) is 4.46. The number of benzene rings is 1. The predicted molar refractivity (Wildman–Crippen MR) is 110 cm³/mol. The van der Waals surface area contributed by atoms with Crippen LogP contribution in [0.5, 0.6) is 0 Å². The molecule has 1 fully saturated rings. The van der Waals surface area contributed by atoms with Crippen LogP contribution in [0, 0.1) is 0 Å². The first-order valence-corrected chi connectivity index (χ1v) is 11.7. The second-order valence-electron chi connectivity index (χ2n) is 6.65. The smallest absolute Gasteiger partial charge is 0.244 e. The Kier molecular flexibility index (Phi) is 7.33. The summed E-state index contributed by atoms with van der Waals surface area (Å²) < 4.78 is 29.9. The first kappa shape index (κ1) is 20.8. The van der Waals surface area contributed by atoms with Gasteiger partial charge in [-0.3, -0.25) is 4.68 Å². The third kappa shape index (κ3) is 5.54. The van der Waals surface area contributed by atoms with Crippen molar-refractivity contribution in [1.82, 2.24) is 19.0 Å². The second kappa shape index (κ2) is 9.52. The summed E-state index contributed by atoms with van der Waals surface area (Å²) in [6.07, 6.45) is 7.16. The molecule has 1 aliphatic rings. The van der Waals surface area contributed by atoms with Crippen molar-refractivity contribution < 1.29 is 8.42 Å². The minimum atomic E-state index is -3.54. The molecule has 0 spiro atoms. The van der Waals surface area contributed by atoms with Crippen molar-refractivity contribution >= 4 is 37.6 Å². The molecule has 1 aromatic carbocycles. The molecule has 3 rings (SSSR count). The minimum absolute atomic E-state index is 0.180.